The molecule has 0 aromatic heterocycles. The molecule has 0 aliphatic carbocycles. The van der Waals surface area contributed by atoms with Crippen LogP contribution in [0.25, 0.3) is 0 Å². The summed E-state index contributed by atoms with van der Waals surface area (Å²) in [7, 11) is 0. The normalized spacial score (nSPS) is 18.2. The molecule has 126 valence electrons. The summed E-state index contributed by atoms with van der Waals surface area (Å²) >= 11 is 0. The first kappa shape index (κ1) is 17.3. The van der Waals surface area contributed by atoms with Crippen molar-refractivity contribution in [1.29, 1.82) is 0 Å². The molecule has 2 atom stereocenters. The maximum absolute atomic E-state index is 12.2. The van der Waals surface area contributed by atoms with Gasteiger partial charge in [0.05, 0.1) is 25.2 Å². The summed E-state index contributed by atoms with van der Waals surface area (Å²) < 4.78 is 10.4. The van der Waals surface area contributed by atoms with E-state index >= 15 is 0 Å². The Hall–Kier alpha value is -2.08. The SMILES string of the molecule is CCOC(=O)N[C@@H](CC(=O)NC[C@@H]1CCCO1)c1ccccc1. The Balaban J connectivity index is 1.90. The summed E-state index contributed by atoms with van der Waals surface area (Å²) in [6.45, 7) is 3.31. The zero-order chi connectivity index (χ0) is 16.5. The van der Waals surface area contributed by atoms with E-state index < -0.39 is 12.1 Å². The number of carbonyl (C=O) groups excluding carboxylic acids is 2. The van der Waals surface area contributed by atoms with Crippen molar-refractivity contribution in [3.05, 3.63) is 35.9 Å². The van der Waals surface area contributed by atoms with Crippen LogP contribution in [0.4, 0.5) is 4.79 Å². The average Bonchev–Trinajstić information content (AvgIpc) is 3.07. The van der Waals surface area contributed by atoms with Gasteiger partial charge in [-0.3, -0.25) is 4.79 Å². The van der Waals surface area contributed by atoms with Crippen LogP contribution in [0.1, 0.15) is 37.8 Å². The first-order valence-electron chi connectivity index (χ1n) is 8.05. The third-order valence-electron chi connectivity index (χ3n) is 3.71. The lowest BCUT2D eigenvalue weighted by Gasteiger charge is -2.19. The number of benzene rings is 1. The molecular weight excluding hydrogens is 296 g/mol. The Kier molecular flexibility index (Phi) is 6.87. The number of hydrogen-bond acceptors (Lipinski definition) is 4. The molecule has 0 radical (unpaired) electrons. The Morgan fingerprint density at radius 2 is 2.13 bits per heavy atom. The van der Waals surface area contributed by atoms with Crippen molar-refractivity contribution in [3.8, 4) is 0 Å². The fourth-order valence-corrected chi connectivity index (χ4v) is 2.54. The van der Waals surface area contributed by atoms with E-state index in [1.807, 2.05) is 30.3 Å². The van der Waals surface area contributed by atoms with Crippen LogP contribution in [0.5, 0.6) is 0 Å². The molecule has 1 heterocycles. The number of alkyl carbamates (subject to hydrolysis) is 1. The molecule has 23 heavy (non-hydrogen) atoms. The van der Waals surface area contributed by atoms with Crippen molar-refractivity contribution in [1.82, 2.24) is 10.6 Å². The molecule has 1 aromatic carbocycles. The standard InChI is InChI=1S/C17H24N2O4/c1-2-22-17(21)19-15(13-7-4-3-5-8-13)11-16(20)18-12-14-9-6-10-23-14/h3-5,7-8,14-15H,2,6,9-12H2,1H3,(H,18,20)(H,19,21)/t14-,15-/m0/s1. The molecule has 1 saturated heterocycles. The topological polar surface area (TPSA) is 76.7 Å². The highest BCUT2D eigenvalue weighted by molar-refractivity contribution is 5.78. The van der Waals surface area contributed by atoms with E-state index in [0.717, 1.165) is 25.0 Å². The van der Waals surface area contributed by atoms with Crippen LogP contribution in [0, 0.1) is 0 Å². The summed E-state index contributed by atoms with van der Waals surface area (Å²) in [6, 6.07) is 8.98. The van der Waals surface area contributed by atoms with Gasteiger partial charge >= 0.3 is 6.09 Å². The van der Waals surface area contributed by atoms with Gasteiger partial charge in [-0.2, -0.15) is 0 Å². The van der Waals surface area contributed by atoms with Crippen molar-refractivity contribution in [2.24, 2.45) is 0 Å². The fourth-order valence-electron chi connectivity index (χ4n) is 2.54. The summed E-state index contributed by atoms with van der Waals surface area (Å²) in [5.41, 5.74) is 0.868. The largest absolute Gasteiger partial charge is 0.450 e. The second-order valence-electron chi connectivity index (χ2n) is 5.47. The molecule has 1 aliphatic heterocycles. The van der Waals surface area contributed by atoms with Gasteiger partial charge < -0.3 is 20.1 Å². The molecular formula is C17H24N2O4. The minimum Gasteiger partial charge on any atom is -0.450 e. The van der Waals surface area contributed by atoms with Crippen LogP contribution >= 0.6 is 0 Å². The molecule has 0 spiro atoms. The average molecular weight is 320 g/mol. The van der Waals surface area contributed by atoms with Gasteiger partial charge in [0, 0.05) is 13.2 Å². The fraction of sp³-hybridized carbons (Fsp3) is 0.529. The van der Waals surface area contributed by atoms with Gasteiger partial charge in [0.2, 0.25) is 5.91 Å². The monoisotopic (exact) mass is 320 g/mol. The second kappa shape index (κ2) is 9.15. The van der Waals surface area contributed by atoms with E-state index in [-0.39, 0.29) is 18.4 Å². The molecule has 2 N–H and O–H groups in total. The van der Waals surface area contributed by atoms with Crippen molar-refractivity contribution in [3.63, 3.8) is 0 Å². The third-order valence-corrected chi connectivity index (χ3v) is 3.71. The van der Waals surface area contributed by atoms with Gasteiger partial charge in [0.25, 0.3) is 0 Å². The van der Waals surface area contributed by atoms with E-state index in [1.54, 1.807) is 6.92 Å². The summed E-state index contributed by atoms with van der Waals surface area (Å²) in [4.78, 5) is 23.9. The summed E-state index contributed by atoms with van der Waals surface area (Å²) in [5.74, 6) is -0.119. The Bertz CT molecular complexity index is 501. The van der Waals surface area contributed by atoms with E-state index in [4.69, 9.17) is 9.47 Å². The zero-order valence-electron chi connectivity index (χ0n) is 13.4. The first-order chi connectivity index (χ1) is 11.2. The van der Waals surface area contributed by atoms with Gasteiger partial charge in [-0.15, -0.1) is 0 Å². The predicted molar refractivity (Wildman–Crippen MR) is 85.9 cm³/mol. The Morgan fingerprint density at radius 1 is 1.35 bits per heavy atom. The van der Waals surface area contributed by atoms with Crippen molar-refractivity contribution in [2.45, 2.75) is 38.3 Å². The van der Waals surface area contributed by atoms with E-state index in [9.17, 15) is 9.59 Å². The minimum absolute atomic E-state index is 0.104. The number of ether oxygens (including phenoxy) is 2. The number of rotatable bonds is 7. The van der Waals surface area contributed by atoms with Gasteiger partial charge in [-0.1, -0.05) is 30.3 Å². The molecule has 2 rings (SSSR count). The lowest BCUT2D eigenvalue weighted by Crippen LogP contribution is -2.36. The predicted octanol–water partition coefficient (Wildman–Crippen LogP) is 2.16. The highest BCUT2D eigenvalue weighted by Crippen LogP contribution is 2.17. The number of carbonyl (C=O) groups is 2. The van der Waals surface area contributed by atoms with Crippen LogP contribution in [0.2, 0.25) is 0 Å². The third kappa shape index (κ3) is 5.90. The van der Waals surface area contributed by atoms with Crippen molar-refractivity contribution < 1.29 is 19.1 Å². The van der Waals surface area contributed by atoms with Crippen molar-refractivity contribution in [2.75, 3.05) is 19.8 Å². The molecule has 1 aliphatic rings. The highest BCUT2D eigenvalue weighted by Gasteiger charge is 2.21. The van der Waals surface area contributed by atoms with Crippen LogP contribution < -0.4 is 10.6 Å². The van der Waals surface area contributed by atoms with E-state index in [2.05, 4.69) is 10.6 Å². The molecule has 1 fully saturated rings. The van der Waals surface area contributed by atoms with Crippen LogP contribution in [-0.2, 0) is 14.3 Å². The second-order valence-corrected chi connectivity index (χ2v) is 5.47. The molecule has 0 bridgehead atoms. The van der Waals surface area contributed by atoms with Crippen LogP contribution in [-0.4, -0.2) is 37.9 Å². The number of hydrogen-bond donors (Lipinski definition) is 2. The lowest BCUT2D eigenvalue weighted by atomic mass is 10.0. The Morgan fingerprint density at radius 3 is 2.78 bits per heavy atom. The molecule has 6 heteroatoms. The molecule has 2 amide bonds. The first-order valence-corrected chi connectivity index (χ1v) is 8.05. The summed E-state index contributed by atoms with van der Waals surface area (Å²) in [6.07, 6.45) is 1.76. The number of nitrogens with one attached hydrogen (secondary N) is 2. The molecule has 1 aromatic rings. The van der Waals surface area contributed by atoms with Crippen LogP contribution in [0.3, 0.4) is 0 Å². The molecule has 0 unspecified atom stereocenters. The molecule has 6 nitrogen and oxygen atoms in total. The smallest absolute Gasteiger partial charge is 0.407 e. The maximum atomic E-state index is 12.2. The van der Waals surface area contributed by atoms with Gasteiger partial charge in [-0.05, 0) is 25.3 Å². The quantitative estimate of drug-likeness (QED) is 0.807. The maximum Gasteiger partial charge on any atom is 0.407 e. The lowest BCUT2D eigenvalue weighted by molar-refractivity contribution is -0.122. The minimum atomic E-state index is -0.520. The van der Waals surface area contributed by atoms with Crippen LogP contribution in [0.15, 0.2) is 30.3 Å². The van der Waals surface area contributed by atoms with E-state index in [1.165, 1.54) is 0 Å². The van der Waals surface area contributed by atoms with Gasteiger partial charge in [0.15, 0.2) is 0 Å². The van der Waals surface area contributed by atoms with Gasteiger partial charge in [-0.25, -0.2) is 4.79 Å². The summed E-state index contributed by atoms with van der Waals surface area (Å²) in [5, 5.41) is 5.61. The Labute approximate surface area is 136 Å². The number of amides is 2. The molecule has 0 saturated carbocycles. The zero-order valence-corrected chi connectivity index (χ0v) is 13.4. The highest BCUT2D eigenvalue weighted by atomic mass is 16.5. The van der Waals surface area contributed by atoms with Crippen molar-refractivity contribution >= 4 is 12.0 Å². The van der Waals surface area contributed by atoms with E-state index in [0.29, 0.717) is 13.2 Å². The van der Waals surface area contributed by atoms with Gasteiger partial charge in [0.1, 0.15) is 0 Å².